The summed E-state index contributed by atoms with van der Waals surface area (Å²) in [5, 5.41) is 5.48. The molecular formula is C11H16FN3O. The third kappa shape index (κ3) is 2.55. The maximum Gasteiger partial charge on any atom is 0.242 e. The molecule has 2 N–H and O–H groups in total. The zero-order chi connectivity index (χ0) is 11.5. The van der Waals surface area contributed by atoms with Gasteiger partial charge in [0.05, 0.1) is 6.04 Å². The van der Waals surface area contributed by atoms with E-state index in [1.54, 1.807) is 12.3 Å². The number of anilines is 1. The molecule has 1 aliphatic heterocycles. The Hall–Kier alpha value is -1.49. The Morgan fingerprint density at radius 1 is 1.69 bits per heavy atom. The molecule has 88 valence electrons. The normalized spacial score (nSPS) is 24.4. The second kappa shape index (κ2) is 4.57. The Morgan fingerprint density at radius 2 is 2.50 bits per heavy atom. The first-order chi connectivity index (χ1) is 7.65. The van der Waals surface area contributed by atoms with Gasteiger partial charge in [-0.2, -0.15) is 0 Å². The van der Waals surface area contributed by atoms with Crippen molar-refractivity contribution in [2.75, 3.05) is 11.9 Å². The highest BCUT2D eigenvalue weighted by Crippen LogP contribution is 2.12. The van der Waals surface area contributed by atoms with Gasteiger partial charge in [-0.3, -0.25) is 4.79 Å². The topological polar surface area (TPSA) is 54.0 Å². The van der Waals surface area contributed by atoms with Crippen LogP contribution in [0, 0.1) is 6.92 Å². The zero-order valence-corrected chi connectivity index (χ0v) is 9.03. The molecule has 0 aromatic carbocycles. The van der Waals surface area contributed by atoms with Gasteiger partial charge in [-0.05, 0) is 18.6 Å². The van der Waals surface area contributed by atoms with E-state index in [1.165, 1.54) is 0 Å². The molecule has 1 fully saturated rings. The lowest BCUT2D eigenvalue weighted by atomic mass is 10.2. The number of rotatable bonds is 2. The molecule has 1 amide bonds. The van der Waals surface area contributed by atoms with Crippen LogP contribution in [0.2, 0.25) is 0 Å². The first-order valence-electron chi connectivity index (χ1n) is 5.26. The fourth-order valence-electron chi connectivity index (χ4n) is 1.65. The van der Waals surface area contributed by atoms with Gasteiger partial charge in [0, 0.05) is 20.6 Å². The Labute approximate surface area is 94.7 Å². The molecular weight excluding hydrogens is 209 g/mol. The zero-order valence-electron chi connectivity index (χ0n) is 9.03. The van der Waals surface area contributed by atoms with E-state index in [9.17, 15) is 9.18 Å². The molecule has 5 heteroatoms. The van der Waals surface area contributed by atoms with Crippen molar-refractivity contribution < 1.29 is 10.6 Å². The van der Waals surface area contributed by atoms with E-state index in [0.717, 1.165) is 5.56 Å². The lowest BCUT2D eigenvalue weighted by molar-refractivity contribution is -0.117. The number of hydrogen-bond donors (Lipinski definition) is 2. The molecule has 0 unspecified atom stereocenters. The monoisotopic (exact) mass is 225 g/mol. The van der Waals surface area contributed by atoms with Crippen LogP contribution in [0.3, 0.4) is 0 Å². The summed E-state index contributed by atoms with van der Waals surface area (Å²) >= 11 is 0. The van der Waals surface area contributed by atoms with Crippen molar-refractivity contribution >= 4 is 11.7 Å². The average Bonchev–Trinajstić information content (AvgIpc) is 2.68. The molecule has 1 saturated heterocycles. The van der Waals surface area contributed by atoms with Crippen LogP contribution in [-0.2, 0) is 4.79 Å². The van der Waals surface area contributed by atoms with Crippen molar-refractivity contribution in [3.63, 3.8) is 0 Å². The predicted molar refractivity (Wildman–Crippen MR) is 61.0 cm³/mol. The largest absolute Gasteiger partial charge is 0.309 e. The van der Waals surface area contributed by atoms with Gasteiger partial charge in [0.25, 0.3) is 0 Å². The van der Waals surface area contributed by atoms with E-state index in [-0.39, 0.29) is 20.3 Å². The first kappa shape index (κ1) is 11.0. The van der Waals surface area contributed by atoms with Crippen molar-refractivity contribution in [2.45, 2.75) is 25.6 Å². The van der Waals surface area contributed by atoms with Crippen molar-refractivity contribution in [3.05, 3.63) is 23.9 Å². The summed E-state index contributed by atoms with van der Waals surface area (Å²) in [6.07, 6.45) is 0.981. The second-order valence-corrected chi connectivity index (χ2v) is 4.00. The maximum atomic E-state index is 12.9. The fourth-order valence-corrected chi connectivity index (χ4v) is 1.65. The third-order valence-corrected chi connectivity index (χ3v) is 2.56. The summed E-state index contributed by atoms with van der Waals surface area (Å²) in [4.78, 5) is 15.7. The number of aryl methyl sites for hydroxylation is 1. The van der Waals surface area contributed by atoms with E-state index in [2.05, 4.69) is 15.6 Å². The van der Waals surface area contributed by atoms with Gasteiger partial charge in [0.15, 0.2) is 0 Å². The lowest BCUT2D eigenvalue weighted by Crippen LogP contribution is -2.35. The van der Waals surface area contributed by atoms with Gasteiger partial charge in [-0.15, -0.1) is 0 Å². The molecule has 1 aromatic heterocycles. The SMILES string of the molecule is Cc1ccc(NC(=O)[C@@H]2C[C@H](F)CN2)nc1.[HH]. The van der Waals surface area contributed by atoms with Crippen LogP contribution >= 0.6 is 0 Å². The van der Waals surface area contributed by atoms with E-state index in [0.29, 0.717) is 5.82 Å². The molecule has 2 rings (SSSR count). The minimum absolute atomic E-state index is 0. The van der Waals surface area contributed by atoms with Gasteiger partial charge in [-0.25, -0.2) is 9.37 Å². The Morgan fingerprint density at radius 3 is 3.06 bits per heavy atom. The van der Waals surface area contributed by atoms with Gasteiger partial charge in [0.1, 0.15) is 12.0 Å². The van der Waals surface area contributed by atoms with Gasteiger partial charge in [0.2, 0.25) is 5.91 Å². The average molecular weight is 225 g/mol. The molecule has 0 aliphatic carbocycles. The van der Waals surface area contributed by atoms with Crippen LogP contribution in [0.5, 0.6) is 0 Å². The molecule has 1 aromatic rings. The van der Waals surface area contributed by atoms with E-state index in [4.69, 9.17) is 0 Å². The van der Waals surface area contributed by atoms with Crippen LogP contribution in [-0.4, -0.2) is 29.6 Å². The van der Waals surface area contributed by atoms with Gasteiger partial charge < -0.3 is 10.6 Å². The number of hydrogen-bond acceptors (Lipinski definition) is 3. The molecule has 0 radical (unpaired) electrons. The van der Waals surface area contributed by atoms with Crippen molar-refractivity contribution in [3.8, 4) is 0 Å². The molecule has 0 bridgehead atoms. The Bertz CT molecular complexity index is 385. The molecule has 2 atom stereocenters. The second-order valence-electron chi connectivity index (χ2n) is 4.00. The van der Waals surface area contributed by atoms with Crippen LogP contribution < -0.4 is 10.6 Å². The molecule has 16 heavy (non-hydrogen) atoms. The molecule has 2 heterocycles. The summed E-state index contributed by atoms with van der Waals surface area (Å²) in [7, 11) is 0. The van der Waals surface area contributed by atoms with Crippen LogP contribution in [0.1, 0.15) is 13.4 Å². The van der Waals surface area contributed by atoms with Gasteiger partial charge >= 0.3 is 0 Å². The molecule has 0 saturated carbocycles. The highest BCUT2D eigenvalue weighted by molar-refractivity contribution is 5.94. The first-order valence-corrected chi connectivity index (χ1v) is 5.26. The summed E-state index contributed by atoms with van der Waals surface area (Å²) in [5.74, 6) is 0.274. The molecule has 4 nitrogen and oxygen atoms in total. The molecule has 1 aliphatic rings. The number of carbonyl (C=O) groups excluding carboxylic acids is 1. The summed E-state index contributed by atoms with van der Waals surface area (Å²) in [5.41, 5.74) is 1.03. The number of nitrogens with zero attached hydrogens (tertiary/aromatic N) is 1. The summed E-state index contributed by atoms with van der Waals surface area (Å²) in [6, 6.07) is 3.15. The highest BCUT2D eigenvalue weighted by Gasteiger charge is 2.29. The number of carbonyl (C=O) groups is 1. The van der Waals surface area contributed by atoms with Crippen LogP contribution in [0.4, 0.5) is 10.2 Å². The van der Waals surface area contributed by atoms with E-state index in [1.807, 2.05) is 13.0 Å². The maximum absolute atomic E-state index is 12.9. The number of pyridine rings is 1. The van der Waals surface area contributed by atoms with E-state index >= 15 is 0 Å². The van der Waals surface area contributed by atoms with Gasteiger partial charge in [-0.1, -0.05) is 6.07 Å². The third-order valence-electron chi connectivity index (χ3n) is 2.56. The fraction of sp³-hybridized carbons (Fsp3) is 0.455. The highest BCUT2D eigenvalue weighted by atomic mass is 19.1. The smallest absolute Gasteiger partial charge is 0.242 e. The van der Waals surface area contributed by atoms with Crippen molar-refractivity contribution in [1.82, 2.24) is 10.3 Å². The van der Waals surface area contributed by atoms with Crippen LogP contribution in [0.25, 0.3) is 0 Å². The van der Waals surface area contributed by atoms with Crippen molar-refractivity contribution in [2.24, 2.45) is 0 Å². The number of alkyl halides is 1. The van der Waals surface area contributed by atoms with Crippen molar-refractivity contribution in [1.29, 1.82) is 0 Å². The predicted octanol–water partition coefficient (Wildman–Crippen LogP) is 1.27. The van der Waals surface area contributed by atoms with E-state index < -0.39 is 12.2 Å². The summed E-state index contributed by atoms with van der Waals surface area (Å²) < 4.78 is 12.9. The number of nitrogens with one attached hydrogen (secondary N) is 2. The number of halogens is 1. The minimum atomic E-state index is -0.929. The standard InChI is InChI=1S/C11H14FN3O.H2/c1-7-2-3-10(14-5-7)15-11(16)9-4-8(12)6-13-9;/h2-3,5,8-9,13H,4,6H2,1H3,(H,14,15,16);1H/t8-,9-;/m0./s1. The number of amides is 1. The Balaban J connectivity index is 0.00000144. The van der Waals surface area contributed by atoms with Crippen LogP contribution in [0.15, 0.2) is 18.3 Å². The Kier molecular flexibility index (Phi) is 3.14. The quantitative estimate of drug-likeness (QED) is 0.797. The summed E-state index contributed by atoms with van der Waals surface area (Å²) in [6.45, 7) is 2.17. The molecule has 0 spiro atoms. The lowest BCUT2D eigenvalue weighted by Gasteiger charge is -2.10. The minimum Gasteiger partial charge on any atom is -0.309 e. The number of aromatic nitrogens is 1.